The maximum Gasteiger partial charge on any atom is 0.231 e. The number of hydrogen-bond donors (Lipinski definition) is 1. The highest BCUT2D eigenvalue weighted by Gasteiger charge is 2.78. The van der Waals surface area contributed by atoms with E-state index in [2.05, 4.69) is 19.2 Å². The zero-order chi connectivity index (χ0) is 20.1. The van der Waals surface area contributed by atoms with Gasteiger partial charge in [-0.15, -0.1) is 0 Å². The Morgan fingerprint density at radius 1 is 1.07 bits per heavy atom. The molecule has 5 fully saturated rings. The first-order valence-electron chi connectivity index (χ1n) is 11.5. The van der Waals surface area contributed by atoms with Crippen LogP contribution in [0.4, 0.5) is 0 Å². The number of rotatable bonds is 1. The van der Waals surface area contributed by atoms with Crippen LogP contribution in [-0.4, -0.2) is 28.9 Å². The summed E-state index contributed by atoms with van der Waals surface area (Å²) in [5.41, 5.74) is -0.101. The number of Topliss-reactive ketones (excluding diaryl/α,β-unsaturated/α-hetero) is 1. The second-order valence-electron chi connectivity index (χ2n) is 12.2. The van der Waals surface area contributed by atoms with Gasteiger partial charge in [0, 0.05) is 11.0 Å². The van der Waals surface area contributed by atoms with Gasteiger partial charge in [-0.05, 0) is 88.9 Å². The molecule has 1 spiro atoms. The molecule has 28 heavy (non-hydrogen) atoms. The van der Waals surface area contributed by atoms with Gasteiger partial charge in [-0.1, -0.05) is 20.3 Å². The summed E-state index contributed by atoms with van der Waals surface area (Å²) in [6.07, 6.45) is 9.25. The lowest BCUT2D eigenvalue weighted by Gasteiger charge is -2.59. The Kier molecular flexibility index (Phi) is 3.83. The highest BCUT2D eigenvalue weighted by Crippen LogP contribution is 2.72. The summed E-state index contributed by atoms with van der Waals surface area (Å²) < 4.78 is 6.25. The molecule has 1 N–H and O–H groups in total. The van der Waals surface area contributed by atoms with Crippen molar-refractivity contribution in [3.8, 4) is 0 Å². The van der Waals surface area contributed by atoms with E-state index in [1.807, 2.05) is 20.8 Å². The van der Waals surface area contributed by atoms with Crippen LogP contribution in [-0.2, 0) is 14.3 Å². The average molecular weight is 388 g/mol. The van der Waals surface area contributed by atoms with Gasteiger partial charge in [-0.2, -0.15) is 0 Å². The molecule has 4 aliphatic carbocycles. The third-order valence-corrected chi connectivity index (χ3v) is 9.59. The van der Waals surface area contributed by atoms with E-state index in [-0.39, 0.29) is 34.3 Å². The van der Waals surface area contributed by atoms with E-state index >= 15 is 0 Å². The molecule has 8 atom stereocenters. The molecular weight excluding hydrogens is 350 g/mol. The SMILES string of the molecule is CC(C)(C)NC(=O)C1C[C@]2(C)[C@@H]3CC[C@]4(C)CCC[C@H]4[C@@H]3CCC23OC3C1=O. The number of amides is 1. The van der Waals surface area contributed by atoms with Crippen molar-refractivity contribution >= 4 is 11.7 Å². The second-order valence-corrected chi connectivity index (χ2v) is 12.2. The highest BCUT2D eigenvalue weighted by molar-refractivity contribution is 6.06. The Morgan fingerprint density at radius 3 is 2.54 bits per heavy atom. The Bertz CT molecular complexity index is 726. The molecule has 4 nitrogen and oxygen atoms in total. The number of carbonyl (C=O) groups is 2. The largest absolute Gasteiger partial charge is 0.357 e. The standard InChI is InChI=1S/C24H37NO3/c1-21(2,3)25-20(27)15-13-23(5)17-9-11-22(4)10-6-7-16(22)14(17)8-12-24(23)19(28-24)18(15)26/h14-17,19H,6-13H2,1-5H3,(H,25,27)/t14-,15?,16-,17+,19?,22-,23+,24?/m0/s1. The molecule has 0 aromatic carbocycles. The molecule has 5 aliphatic rings. The fourth-order valence-corrected chi connectivity index (χ4v) is 8.25. The van der Waals surface area contributed by atoms with Crippen molar-refractivity contribution in [1.82, 2.24) is 5.32 Å². The molecule has 0 bridgehead atoms. The number of ketones is 1. The van der Waals surface area contributed by atoms with Gasteiger partial charge in [-0.25, -0.2) is 0 Å². The predicted molar refractivity (Wildman–Crippen MR) is 108 cm³/mol. The normalized spacial score (nSPS) is 52.2. The van der Waals surface area contributed by atoms with Gasteiger partial charge in [-0.3, -0.25) is 9.59 Å². The van der Waals surface area contributed by atoms with E-state index in [0.29, 0.717) is 17.8 Å². The third-order valence-electron chi connectivity index (χ3n) is 9.59. The molecule has 1 aliphatic heterocycles. The lowest BCUT2D eigenvalue weighted by Crippen LogP contribution is -2.61. The molecule has 0 radical (unpaired) electrons. The lowest BCUT2D eigenvalue weighted by atomic mass is 9.44. The summed E-state index contributed by atoms with van der Waals surface area (Å²) in [5.74, 6) is 1.59. The first kappa shape index (κ1) is 19.1. The van der Waals surface area contributed by atoms with Gasteiger partial charge in [0.25, 0.3) is 0 Å². The van der Waals surface area contributed by atoms with Gasteiger partial charge in [0.2, 0.25) is 5.91 Å². The summed E-state index contributed by atoms with van der Waals surface area (Å²) >= 11 is 0. The van der Waals surface area contributed by atoms with Gasteiger partial charge < -0.3 is 10.1 Å². The summed E-state index contributed by atoms with van der Waals surface area (Å²) in [6, 6.07) is 0. The average Bonchev–Trinajstić information content (AvgIpc) is 3.21. The van der Waals surface area contributed by atoms with Crippen LogP contribution in [0.3, 0.4) is 0 Å². The van der Waals surface area contributed by atoms with Crippen LogP contribution < -0.4 is 5.32 Å². The maximum atomic E-state index is 13.1. The van der Waals surface area contributed by atoms with E-state index in [9.17, 15) is 9.59 Å². The molecule has 4 heteroatoms. The van der Waals surface area contributed by atoms with Crippen LogP contribution >= 0.6 is 0 Å². The maximum absolute atomic E-state index is 13.1. The Morgan fingerprint density at radius 2 is 1.82 bits per heavy atom. The molecule has 3 unspecified atom stereocenters. The molecular formula is C24H37NO3. The number of ether oxygens (including phenoxy) is 1. The van der Waals surface area contributed by atoms with Crippen molar-refractivity contribution in [2.24, 2.45) is 34.5 Å². The van der Waals surface area contributed by atoms with E-state index in [1.165, 1.54) is 38.5 Å². The van der Waals surface area contributed by atoms with E-state index in [1.54, 1.807) is 0 Å². The molecule has 4 saturated carbocycles. The van der Waals surface area contributed by atoms with Crippen LogP contribution in [0.1, 0.15) is 86.0 Å². The van der Waals surface area contributed by atoms with Crippen LogP contribution in [0.15, 0.2) is 0 Å². The van der Waals surface area contributed by atoms with Gasteiger partial charge in [0.15, 0.2) is 5.78 Å². The zero-order valence-corrected chi connectivity index (χ0v) is 18.3. The molecule has 156 valence electrons. The van der Waals surface area contributed by atoms with Crippen LogP contribution in [0, 0.1) is 34.5 Å². The topological polar surface area (TPSA) is 58.7 Å². The molecule has 1 amide bonds. The first-order valence-corrected chi connectivity index (χ1v) is 11.5. The highest BCUT2D eigenvalue weighted by atomic mass is 16.6. The summed E-state index contributed by atoms with van der Waals surface area (Å²) in [6.45, 7) is 10.8. The smallest absolute Gasteiger partial charge is 0.231 e. The van der Waals surface area contributed by atoms with Crippen molar-refractivity contribution in [2.45, 2.75) is 103 Å². The fourth-order valence-electron chi connectivity index (χ4n) is 8.25. The number of carbonyl (C=O) groups excluding carboxylic acids is 2. The van der Waals surface area contributed by atoms with E-state index < -0.39 is 5.92 Å². The van der Waals surface area contributed by atoms with Crippen molar-refractivity contribution in [2.75, 3.05) is 0 Å². The molecule has 0 aromatic heterocycles. The number of nitrogens with one attached hydrogen (secondary N) is 1. The third kappa shape index (κ3) is 2.39. The van der Waals surface area contributed by atoms with Crippen molar-refractivity contribution in [1.29, 1.82) is 0 Å². The molecule has 0 aromatic rings. The van der Waals surface area contributed by atoms with Crippen LogP contribution in [0.5, 0.6) is 0 Å². The minimum absolute atomic E-state index is 0.0409. The number of epoxide rings is 1. The summed E-state index contributed by atoms with van der Waals surface area (Å²) in [7, 11) is 0. The number of fused-ring (bicyclic) bond motifs is 4. The summed E-state index contributed by atoms with van der Waals surface area (Å²) in [4.78, 5) is 26.1. The molecule has 5 rings (SSSR count). The van der Waals surface area contributed by atoms with Crippen LogP contribution in [0.2, 0.25) is 0 Å². The summed E-state index contributed by atoms with van der Waals surface area (Å²) in [5, 5.41) is 3.07. The lowest BCUT2D eigenvalue weighted by molar-refractivity contribution is -0.147. The van der Waals surface area contributed by atoms with E-state index in [0.717, 1.165) is 18.3 Å². The van der Waals surface area contributed by atoms with E-state index in [4.69, 9.17) is 4.74 Å². The van der Waals surface area contributed by atoms with Gasteiger partial charge in [0.1, 0.15) is 11.7 Å². The van der Waals surface area contributed by atoms with Crippen molar-refractivity contribution in [3.63, 3.8) is 0 Å². The second kappa shape index (κ2) is 5.62. The Hall–Kier alpha value is -0.900. The van der Waals surface area contributed by atoms with Gasteiger partial charge in [0.05, 0.1) is 5.92 Å². The Labute approximate surface area is 169 Å². The zero-order valence-electron chi connectivity index (χ0n) is 18.3. The van der Waals surface area contributed by atoms with Crippen molar-refractivity contribution < 1.29 is 14.3 Å². The van der Waals surface area contributed by atoms with Crippen LogP contribution in [0.25, 0.3) is 0 Å². The Balaban J connectivity index is 1.46. The first-order chi connectivity index (χ1) is 13.0. The quantitative estimate of drug-likeness (QED) is 0.540. The monoisotopic (exact) mass is 387 g/mol. The minimum Gasteiger partial charge on any atom is -0.357 e. The minimum atomic E-state index is -0.541. The predicted octanol–water partition coefficient (Wildman–Crippen LogP) is 4.26. The fraction of sp³-hybridized carbons (Fsp3) is 0.917. The molecule has 1 saturated heterocycles. The van der Waals surface area contributed by atoms with Gasteiger partial charge >= 0.3 is 0 Å². The molecule has 1 heterocycles. The number of hydrogen-bond acceptors (Lipinski definition) is 3. The van der Waals surface area contributed by atoms with Crippen molar-refractivity contribution in [3.05, 3.63) is 0 Å².